The predicted octanol–water partition coefficient (Wildman–Crippen LogP) is 4.94. The average molecular weight is 397 g/mol. The minimum atomic E-state index is -0.250. The van der Waals surface area contributed by atoms with E-state index in [1.54, 1.807) is 0 Å². The molecule has 0 atom stereocenters. The molecule has 156 valence electrons. The third-order valence-electron chi connectivity index (χ3n) is 4.79. The number of hydrogen-bond acceptors (Lipinski definition) is 3. The van der Waals surface area contributed by atoms with E-state index < -0.39 is 0 Å². The van der Waals surface area contributed by atoms with E-state index in [4.69, 9.17) is 14.6 Å². The number of aryl methyl sites for hydroxylation is 1. The molecular formula is C24H32N2O3. The highest BCUT2D eigenvalue weighted by Crippen LogP contribution is 2.28. The van der Waals surface area contributed by atoms with Crippen LogP contribution in [0.5, 0.6) is 5.75 Å². The van der Waals surface area contributed by atoms with Gasteiger partial charge in [0.15, 0.2) is 0 Å². The molecule has 0 spiro atoms. The van der Waals surface area contributed by atoms with Gasteiger partial charge in [0.2, 0.25) is 0 Å². The van der Waals surface area contributed by atoms with Crippen LogP contribution in [0.3, 0.4) is 0 Å². The number of aromatic nitrogens is 1. The van der Waals surface area contributed by atoms with E-state index in [1.165, 1.54) is 27.7 Å². The maximum absolute atomic E-state index is 8.36. The van der Waals surface area contributed by atoms with Gasteiger partial charge in [-0.25, -0.2) is 0 Å². The van der Waals surface area contributed by atoms with Gasteiger partial charge in [-0.15, -0.1) is 0 Å². The summed E-state index contributed by atoms with van der Waals surface area (Å²) < 4.78 is 5.98. The fraction of sp³-hybridized carbons (Fsp3) is 0.375. The van der Waals surface area contributed by atoms with Crippen molar-refractivity contribution in [2.75, 3.05) is 13.2 Å². The topological polar surface area (TPSA) is 74.3 Å². The second-order valence-corrected chi connectivity index (χ2v) is 6.61. The first kappa shape index (κ1) is 22.5. The Balaban J connectivity index is 0.000000551. The molecule has 0 aliphatic carbocycles. The normalized spacial score (nSPS) is 12.1. The van der Waals surface area contributed by atoms with Crippen molar-refractivity contribution < 1.29 is 14.6 Å². The number of unbranched alkanes of at least 4 members (excludes halogenated alkanes) is 1. The van der Waals surface area contributed by atoms with Crippen molar-refractivity contribution in [2.24, 2.45) is 0 Å². The minimum absolute atomic E-state index is 0.250. The van der Waals surface area contributed by atoms with Crippen LogP contribution in [0.2, 0.25) is 0 Å². The standard InChI is InChI=1S/C21H24N2O.C2H6.CH2O2/c1-2-6-16(7-3-1)8-4-5-13-24-17-9-10-20-19(14-17)18-11-12-22-15-21(18)23-20;1-2;2-1-3/h1-3,6-7,9-10,14,22-23H,4-5,8,11-13,15H2;1-2H3;1H,(H,2,3). The monoisotopic (exact) mass is 396 g/mol. The fourth-order valence-corrected chi connectivity index (χ4v) is 3.50. The molecule has 2 aromatic carbocycles. The third kappa shape index (κ3) is 6.64. The van der Waals surface area contributed by atoms with Gasteiger partial charge in [-0.2, -0.15) is 0 Å². The van der Waals surface area contributed by atoms with Gasteiger partial charge in [0.25, 0.3) is 6.47 Å². The van der Waals surface area contributed by atoms with Crippen molar-refractivity contribution in [3.63, 3.8) is 0 Å². The van der Waals surface area contributed by atoms with Gasteiger partial charge in [0.1, 0.15) is 5.75 Å². The highest BCUT2D eigenvalue weighted by atomic mass is 16.5. The van der Waals surface area contributed by atoms with Crippen LogP contribution >= 0.6 is 0 Å². The molecule has 1 aliphatic heterocycles. The maximum Gasteiger partial charge on any atom is 0.290 e. The number of carboxylic acid groups (broad SMARTS) is 1. The first-order valence-corrected chi connectivity index (χ1v) is 10.4. The third-order valence-corrected chi connectivity index (χ3v) is 4.79. The summed E-state index contributed by atoms with van der Waals surface area (Å²) in [6.45, 7) is 6.54. The van der Waals surface area contributed by atoms with Crippen LogP contribution in [0.25, 0.3) is 10.9 Å². The molecule has 3 aromatic rings. The second kappa shape index (κ2) is 12.6. The Bertz CT molecular complexity index is 859. The summed E-state index contributed by atoms with van der Waals surface area (Å²) in [5.74, 6) is 0.988. The molecule has 5 heteroatoms. The van der Waals surface area contributed by atoms with Crippen LogP contribution in [0.4, 0.5) is 0 Å². The highest BCUT2D eigenvalue weighted by molar-refractivity contribution is 5.86. The molecule has 0 bridgehead atoms. The number of H-pyrrole nitrogens is 1. The van der Waals surface area contributed by atoms with E-state index in [2.05, 4.69) is 58.8 Å². The molecule has 4 rings (SSSR count). The zero-order chi connectivity index (χ0) is 20.9. The van der Waals surface area contributed by atoms with E-state index in [0.717, 1.165) is 51.1 Å². The van der Waals surface area contributed by atoms with E-state index >= 15 is 0 Å². The lowest BCUT2D eigenvalue weighted by Crippen LogP contribution is -2.22. The van der Waals surface area contributed by atoms with E-state index in [1.807, 2.05) is 13.8 Å². The molecule has 0 saturated carbocycles. The maximum atomic E-state index is 8.36. The number of benzene rings is 2. The van der Waals surface area contributed by atoms with Crippen molar-refractivity contribution in [3.8, 4) is 5.75 Å². The van der Waals surface area contributed by atoms with Gasteiger partial charge in [0, 0.05) is 23.1 Å². The van der Waals surface area contributed by atoms with Crippen LogP contribution in [0.15, 0.2) is 48.5 Å². The van der Waals surface area contributed by atoms with Crippen molar-refractivity contribution in [1.82, 2.24) is 10.3 Å². The van der Waals surface area contributed by atoms with Crippen LogP contribution in [-0.4, -0.2) is 29.7 Å². The number of aromatic amines is 1. The summed E-state index contributed by atoms with van der Waals surface area (Å²) in [7, 11) is 0. The molecule has 0 amide bonds. The number of fused-ring (bicyclic) bond motifs is 3. The van der Waals surface area contributed by atoms with Crippen LogP contribution in [-0.2, 0) is 24.2 Å². The Morgan fingerprint density at radius 1 is 1.10 bits per heavy atom. The van der Waals surface area contributed by atoms with E-state index in [0.29, 0.717) is 0 Å². The van der Waals surface area contributed by atoms with Crippen LogP contribution in [0.1, 0.15) is 43.5 Å². The largest absolute Gasteiger partial charge is 0.494 e. The fourth-order valence-electron chi connectivity index (χ4n) is 3.50. The Hall–Kier alpha value is -2.79. The lowest BCUT2D eigenvalue weighted by Gasteiger charge is -2.12. The van der Waals surface area contributed by atoms with E-state index in [-0.39, 0.29) is 6.47 Å². The van der Waals surface area contributed by atoms with Crippen molar-refractivity contribution >= 4 is 17.4 Å². The summed E-state index contributed by atoms with van der Waals surface area (Å²) in [6.07, 6.45) is 4.47. The molecule has 0 radical (unpaired) electrons. The Morgan fingerprint density at radius 2 is 1.86 bits per heavy atom. The second-order valence-electron chi connectivity index (χ2n) is 6.61. The molecule has 0 fully saturated rings. The van der Waals surface area contributed by atoms with Gasteiger partial charge in [-0.3, -0.25) is 4.79 Å². The van der Waals surface area contributed by atoms with Crippen molar-refractivity contribution in [2.45, 2.75) is 46.1 Å². The van der Waals surface area contributed by atoms with Crippen molar-refractivity contribution in [3.05, 3.63) is 65.4 Å². The SMILES string of the molecule is CC.O=CO.c1ccc(CCCCOc2ccc3[nH]c4c(c3c2)CCNC4)cc1. The van der Waals surface area contributed by atoms with Gasteiger partial charge >= 0.3 is 0 Å². The van der Waals surface area contributed by atoms with Gasteiger partial charge in [-0.05, 0) is 61.6 Å². The smallest absolute Gasteiger partial charge is 0.290 e. The van der Waals surface area contributed by atoms with Gasteiger partial charge in [0.05, 0.1) is 6.61 Å². The first-order chi connectivity index (χ1) is 14.3. The average Bonchev–Trinajstić information content (AvgIpc) is 3.14. The Kier molecular flexibility index (Phi) is 9.80. The molecule has 1 aromatic heterocycles. The molecule has 0 saturated heterocycles. The summed E-state index contributed by atoms with van der Waals surface area (Å²) in [5, 5.41) is 11.6. The van der Waals surface area contributed by atoms with Crippen molar-refractivity contribution in [1.29, 1.82) is 0 Å². The highest BCUT2D eigenvalue weighted by Gasteiger charge is 2.15. The molecule has 0 unspecified atom stereocenters. The molecule has 1 aliphatic rings. The summed E-state index contributed by atoms with van der Waals surface area (Å²) >= 11 is 0. The lowest BCUT2D eigenvalue weighted by atomic mass is 10.0. The Labute approximate surface area is 173 Å². The van der Waals surface area contributed by atoms with Crippen LogP contribution < -0.4 is 10.1 Å². The summed E-state index contributed by atoms with van der Waals surface area (Å²) in [6, 6.07) is 17.1. The quantitative estimate of drug-likeness (QED) is 0.407. The lowest BCUT2D eigenvalue weighted by molar-refractivity contribution is -0.122. The van der Waals surface area contributed by atoms with Gasteiger partial charge < -0.3 is 20.1 Å². The predicted molar refractivity (Wildman–Crippen MR) is 119 cm³/mol. The number of carbonyl (C=O) groups is 1. The molecule has 5 nitrogen and oxygen atoms in total. The summed E-state index contributed by atoms with van der Waals surface area (Å²) in [5.41, 5.74) is 5.42. The zero-order valence-corrected chi connectivity index (χ0v) is 17.4. The molecule has 29 heavy (non-hydrogen) atoms. The Morgan fingerprint density at radius 3 is 2.62 bits per heavy atom. The number of nitrogens with one attached hydrogen (secondary N) is 2. The van der Waals surface area contributed by atoms with E-state index in [9.17, 15) is 0 Å². The molecule has 3 N–H and O–H groups in total. The zero-order valence-electron chi connectivity index (χ0n) is 17.4. The minimum Gasteiger partial charge on any atom is -0.494 e. The molecular weight excluding hydrogens is 364 g/mol. The molecule has 2 heterocycles. The van der Waals surface area contributed by atoms with Crippen LogP contribution in [0, 0.1) is 0 Å². The summed E-state index contributed by atoms with van der Waals surface area (Å²) in [4.78, 5) is 11.9. The number of rotatable bonds is 6. The number of ether oxygens (including phenoxy) is 1. The van der Waals surface area contributed by atoms with Gasteiger partial charge in [-0.1, -0.05) is 44.2 Å². The number of hydrogen-bond donors (Lipinski definition) is 3. The first-order valence-electron chi connectivity index (χ1n) is 10.4.